The Hall–Kier alpha value is -2.44. The highest BCUT2D eigenvalue weighted by Crippen LogP contribution is 2.31. The number of amides is 2. The lowest BCUT2D eigenvalue weighted by molar-refractivity contribution is -0.123. The molecule has 7 heteroatoms. The number of nitrogens with one attached hydrogen (secondary N) is 1. The van der Waals surface area contributed by atoms with Crippen LogP contribution in [0.2, 0.25) is 5.02 Å². The summed E-state index contributed by atoms with van der Waals surface area (Å²) in [6.45, 7) is 2.30. The second-order valence-electron chi connectivity index (χ2n) is 7.66. The topological polar surface area (TPSA) is 58.6 Å². The van der Waals surface area contributed by atoms with Crippen molar-refractivity contribution in [2.75, 3.05) is 23.8 Å². The second-order valence-corrected chi connectivity index (χ2v) is 9.20. The average molecular weight is 457 g/mol. The van der Waals surface area contributed by atoms with Crippen LogP contribution in [0.3, 0.4) is 0 Å². The maximum atomic E-state index is 13.4. The lowest BCUT2D eigenvalue weighted by Gasteiger charge is -2.29. The van der Waals surface area contributed by atoms with E-state index in [0.29, 0.717) is 33.7 Å². The zero-order valence-corrected chi connectivity index (χ0v) is 19.0. The van der Waals surface area contributed by atoms with E-state index in [0.717, 1.165) is 19.3 Å². The van der Waals surface area contributed by atoms with Crippen molar-refractivity contribution in [3.05, 3.63) is 75.3 Å². The first kappa shape index (κ1) is 21.8. The van der Waals surface area contributed by atoms with Crippen LogP contribution in [0, 0.1) is 0 Å². The number of benzene rings is 2. The number of rotatable bonds is 5. The summed E-state index contributed by atoms with van der Waals surface area (Å²) < 4.78 is 5.57. The van der Waals surface area contributed by atoms with Crippen LogP contribution < -0.4 is 10.2 Å². The van der Waals surface area contributed by atoms with Crippen LogP contribution in [0.15, 0.2) is 59.2 Å². The van der Waals surface area contributed by atoms with Gasteiger partial charge in [-0.2, -0.15) is 0 Å². The fourth-order valence-electron chi connectivity index (χ4n) is 4.03. The molecule has 2 amide bonds. The number of carbonyl (C=O) groups is 2. The molecule has 0 saturated carbocycles. The third-order valence-electron chi connectivity index (χ3n) is 5.55. The van der Waals surface area contributed by atoms with Crippen molar-refractivity contribution in [3.63, 3.8) is 0 Å². The fourth-order valence-corrected chi connectivity index (χ4v) is 5.02. The van der Waals surface area contributed by atoms with Crippen LogP contribution in [-0.4, -0.2) is 30.7 Å². The SMILES string of the molecule is CC1=C(C(=O)N(CC(=O)NC2CCCc3ccccc32)c2ccc(Cl)cc2)SCCO1. The van der Waals surface area contributed by atoms with Crippen LogP contribution in [0.25, 0.3) is 0 Å². The normalized spacial score (nSPS) is 18.1. The average Bonchev–Trinajstić information content (AvgIpc) is 2.78. The Bertz CT molecular complexity index is 1010. The number of allylic oxidation sites excluding steroid dienone is 1. The van der Waals surface area contributed by atoms with E-state index in [1.54, 1.807) is 31.2 Å². The van der Waals surface area contributed by atoms with Gasteiger partial charge in [-0.1, -0.05) is 35.9 Å². The smallest absolute Gasteiger partial charge is 0.268 e. The Labute approximate surface area is 191 Å². The van der Waals surface area contributed by atoms with Gasteiger partial charge in [-0.05, 0) is 61.6 Å². The van der Waals surface area contributed by atoms with Gasteiger partial charge in [0.2, 0.25) is 5.91 Å². The molecule has 1 unspecified atom stereocenters. The first-order valence-corrected chi connectivity index (χ1v) is 11.8. The summed E-state index contributed by atoms with van der Waals surface area (Å²) >= 11 is 7.50. The van der Waals surface area contributed by atoms with Crippen molar-refractivity contribution in [2.45, 2.75) is 32.2 Å². The molecule has 2 aliphatic rings. The summed E-state index contributed by atoms with van der Waals surface area (Å²) in [4.78, 5) is 28.5. The summed E-state index contributed by atoms with van der Waals surface area (Å²) in [6, 6.07) is 15.1. The molecule has 0 radical (unpaired) electrons. The first-order chi connectivity index (χ1) is 15.0. The van der Waals surface area contributed by atoms with Gasteiger partial charge in [-0.3, -0.25) is 14.5 Å². The van der Waals surface area contributed by atoms with Gasteiger partial charge >= 0.3 is 0 Å². The third-order valence-corrected chi connectivity index (χ3v) is 6.93. The van der Waals surface area contributed by atoms with Gasteiger partial charge in [0.25, 0.3) is 5.91 Å². The summed E-state index contributed by atoms with van der Waals surface area (Å²) in [5.41, 5.74) is 3.07. The Morgan fingerprint density at radius 2 is 1.97 bits per heavy atom. The Balaban J connectivity index is 1.55. The van der Waals surface area contributed by atoms with E-state index < -0.39 is 0 Å². The number of thioether (sulfide) groups is 1. The standard InChI is InChI=1S/C24H25ClN2O3S/c1-16-23(31-14-13-30-16)24(29)27(19-11-9-18(25)10-12-19)15-22(28)26-21-8-4-6-17-5-2-3-7-20(17)21/h2-3,5,7,9-12,21H,4,6,8,13-15H2,1H3,(H,26,28). The fraction of sp³-hybridized carbons (Fsp3) is 0.333. The first-order valence-electron chi connectivity index (χ1n) is 10.4. The van der Waals surface area contributed by atoms with Gasteiger partial charge in [-0.15, -0.1) is 11.8 Å². The van der Waals surface area contributed by atoms with Crippen molar-refractivity contribution in [2.24, 2.45) is 0 Å². The molecule has 1 aliphatic carbocycles. The van der Waals surface area contributed by atoms with E-state index in [1.807, 2.05) is 12.1 Å². The molecule has 2 aromatic carbocycles. The number of fused-ring (bicyclic) bond motifs is 1. The van der Waals surface area contributed by atoms with Gasteiger partial charge in [-0.25, -0.2) is 0 Å². The summed E-state index contributed by atoms with van der Waals surface area (Å²) in [5, 5.41) is 3.72. The monoisotopic (exact) mass is 456 g/mol. The summed E-state index contributed by atoms with van der Waals surface area (Å²) in [7, 11) is 0. The highest BCUT2D eigenvalue weighted by atomic mass is 35.5. The molecule has 1 aliphatic heterocycles. The Morgan fingerprint density at radius 1 is 1.19 bits per heavy atom. The molecule has 1 heterocycles. The largest absolute Gasteiger partial charge is 0.496 e. The van der Waals surface area contributed by atoms with Gasteiger partial charge in [0, 0.05) is 16.5 Å². The number of hydrogen-bond donors (Lipinski definition) is 1. The molecular formula is C24H25ClN2O3S. The van der Waals surface area contributed by atoms with Crippen LogP contribution in [0.1, 0.15) is 36.9 Å². The van der Waals surface area contributed by atoms with Crippen molar-refractivity contribution in [3.8, 4) is 0 Å². The molecule has 5 nitrogen and oxygen atoms in total. The third kappa shape index (κ3) is 5.08. The second kappa shape index (κ2) is 9.79. The molecule has 1 atom stereocenters. The minimum atomic E-state index is -0.233. The number of halogens is 1. The summed E-state index contributed by atoms with van der Waals surface area (Å²) in [6.07, 6.45) is 2.95. The van der Waals surface area contributed by atoms with Gasteiger partial charge in [0.1, 0.15) is 17.2 Å². The lowest BCUT2D eigenvalue weighted by atomic mass is 9.88. The quantitative estimate of drug-likeness (QED) is 0.697. The summed E-state index contributed by atoms with van der Waals surface area (Å²) in [5.74, 6) is 0.883. The van der Waals surface area contributed by atoms with Gasteiger partial charge in [0.15, 0.2) is 0 Å². The van der Waals surface area contributed by atoms with Crippen LogP contribution in [0.5, 0.6) is 0 Å². The van der Waals surface area contributed by atoms with Crippen LogP contribution in [-0.2, 0) is 20.7 Å². The number of anilines is 1. The molecule has 1 N–H and O–H groups in total. The van der Waals surface area contributed by atoms with Crippen LogP contribution >= 0.6 is 23.4 Å². The highest BCUT2D eigenvalue weighted by Gasteiger charge is 2.28. The maximum Gasteiger partial charge on any atom is 0.268 e. The van der Waals surface area contributed by atoms with Crippen molar-refractivity contribution in [1.82, 2.24) is 5.32 Å². The zero-order valence-electron chi connectivity index (χ0n) is 17.4. The molecule has 0 aromatic heterocycles. The number of hydrogen-bond acceptors (Lipinski definition) is 4. The zero-order chi connectivity index (χ0) is 21.8. The van der Waals surface area contributed by atoms with Gasteiger partial charge in [0.05, 0.1) is 12.6 Å². The molecule has 0 fully saturated rings. The van der Waals surface area contributed by atoms with Crippen LogP contribution in [0.4, 0.5) is 5.69 Å². The molecule has 4 rings (SSSR count). The molecule has 0 spiro atoms. The number of aryl methyl sites for hydroxylation is 1. The molecule has 31 heavy (non-hydrogen) atoms. The predicted octanol–water partition coefficient (Wildman–Crippen LogP) is 4.86. The molecule has 2 aromatic rings. The minimum Gasteiger partial charge on any atom is -0.496 e. The van der Waals surface area contributed by atoms with E-state index >= 15 is 0 Å². The van der Waals surface area contributed by atoms with Crippen molar-refractivity contribution in [1.29, 1.82) is 0 Å². The van der Waals surface area contributed by atoms with E-state index in [2.05, 4.69) is 17.4 Å². The van der Waals surface area contributed by atoms with E-state index in [9.17, 15) is 9.59 Å². The molecule has 0 bridgehead atoms. The molecule has 0 saturated heterocycles. The Morgan fingerprint density at radius 3 is 2.74 bits per heavy atom. The highest BCUT2D eigenvalue weighted by molar-refractivity contribution is 8.04. The van der Waals surface area contributed by atoms with E-state index in [-0.39, 0.29) is 24.4 Å². The maximum absolute atomic E-state index is 13.4. The van der Waals surface area contributed by atoms with Crippen molar-refractivity contribution >= 4 is 40.9 Å². The minimum absolute atomic E-state index is 0.0343. The number of carbonyl (C=O) groups excluding carboxylic acids is 2. The van der Waals surface area contributed by atoms with E-state index in [1.165, 1.54) is 27.8 Å². The number of nitrogens with zero attached hydrogens (tertiary/aromatic N) is 1. The van der Waals surface area contributed by atoms with Gasteiger partial charge < -0.3 is 10.1 Å². The molecule has 162 valence electrons. The molecular weight excluding hydrogens is 432 g/mol. The van der Waals surface area contributed by atoms with Crippen molar-refractivity contribution < 1.29 is 14.3 Å². The Kier molecular flexibility index (Phi) is 6.88. The number of ether oxygens (including phenoxy) is 1. The van der Waals surface area contributed by atoms with E-state index in [4.69, 9.17) is 16.3 Å². The lowest BCUT2D eigenvalue weighted by Crippen LogP contribution is -2.43. The predicted molar refractivity (Wildman–Crippen MR) is 125 cm³/mol.